The normalized spacial score (nSPS) is 14.8. The number of hydrogen-bond donors (Lipinski definition) is 1. The third-order valence-corrected chi connectivity index (χ3v) is 4.60. The fraction of sp³-hybridized carbons (Fsp3) is 0.222. The molecule has 1 aliphatic heterocycles. The molecular formula is C18H14ClF2N3O2. The molecule has 1 N–H and O–H groups in total. The highest BCUT2D eigenvalue weighted by Crippen LogP contribution is 2.29. The van der Waals surface area contributed by atoms with E-state index in [4.69, 9.17) is 16.3 Å². The minimum Gasteiger partial charge on any atom is -0.378 e. The Kier molecular flexibility index (Phi) is 4.34. The Morgan fingerprint density at radius 3 is 2.81 bits per heavy atom. The van der Waals surface area contributed by atoms with E-state index in [1.807, 2.05) is 0 Å². The van der Waals surface area contributed by atoms with Gasteiger partial charge in [-0.05, 0) is 18.2 Å². The van der Waals surface area contributed by atoms with Crippen LogP contribution in [0.15, 0.2) is 30.6 Å². The summed E-state index contributed by atoms with van der Waals surface area (Å²) >= 11 is 5.93. The average molecular weight is 378 g/mol. The Labute approximate surface area is 152 Å². The van der Waals surface area contributed by atoms with Gasteiger partial charge in [0.1, 0.15) is 11.5 Å². The summed E-state index contributed by atoms with van der Waals surface area (Å²) in [7, 11) is 0. The molecule has 0 aliphatic carbocycles. The lowest BCUT2D eigenvalue weighted by atomic mass is 10.0. The summed E-state index contributed by atoms with van der Waals surface area (Å²) in [5, 5.41) is 0.743. The maximum absolute atomic E-state index is 15.0. The van der Waals surface area contributed by atoms with E-state index in [9.17, 15) is 9.18 Å². The zero-order chi connectivity index (χ0) is 18.3. The third kappa shape index (κ3) is 2.83. The van der Waals surface area contributed by atoms with Crippen LogP contribution in [0.2, 0.25) is 5.02 Å². The van der Waals surface area contributed by atoms with Crippen LogP contribution in [0.3, 0.4) is 0 Å². The third-order valence-electron chi connectivity index (χ3n) is 4.39. The van der Waals surface area contributed by atoms with Gasteiger partial charge in [0.2, 0.25) is 5.78 Å². The Hall–Kier alpha value is -2.51. The van der Waals surface area contributed by atoms with Crippen molar-refractivity contribution in [3.8, 4) is 0 Å². The minimum atomic E-state index is -0.908. The van der Waals surface area contributed by atoms with E-state index >= 15 is 4.39 Å². The van der Waals surface area contributed by atoms with Crippen molar-refractivity contribution in [2.24, 2.45) is 0 Å². The predicted molar refractivity (Wildman–Crippen MR) is 93.9 cm³/mol. The topological polar surface area (TPSA) is 58.2 Å². The van der Waals surface area contributed by atoms with Crippen LogP contribution in [-0.2, 0) is 4.74 Å². The highest BCUT2D eigenvalue weighted by atomic mass is 35.5. The van der Waals surface area contributed by atoms with Crippen LogP contribution in [0.1, 0.15) is 15.9 Å². The molecule has 8 heteroatoms. The van der Waals surface area contributed by atoms with Crippen LogP contribution in [-0.4, -0.2) is 42.1 Å². The summed E-state index contributed by atoms with van der Waals surface area (Å²) < 4.78 is 34.7. The average Bonchev–Trinajstić information content (AvgIpc) is 3.05. The molecule has 1 aromatic carbocycles. The van der Waals surface area contributed by atoms with E-state index < -0.39 is 23.0 Å². The van der Waals surface area contributed by atoms with Gasteiger partial charge in [-0.1, -0.05) is 11.6 Å². The number of carbonyl (C=O) groups is 1. The second-order valence-electron chi connectivity index (χ2n) is 5.94. The van der Waals surface area contributed by atoms with Crippen molar-refractivity contribution in [2.75, 3.05) is 31.2 Å². The molecule has 0 bridgehead atoms. The number of hydrogen-bond acceptors (Lipinski definition) is 4. The van der Waals surface area contributed by atoms with Crippen molar-refractivity contribution in [3.05, 3.63) is 58.4 Å². The summed E-state index contributed by atoms with van der Waals surface area (Å²) in [6.45, 7) is 1.85. The standard InChI is InChI=1S/C18H14ClF2N3O2/c19-10-7-11-12(9-23-18(11)22-8-10)17(25)15-13(20)1-2-14(16(15)21)24-3-5-26-6-4-24/h1-2,7-9H,3-6H2,(H,22,23). The fourth-order valence-electron chi connectivity index (χ4n) is 3.10. The van der Waals surface area contributed by atoms with Gasteiger partial charge in [-0.15, -0.1) is 0 Å². The van der Waals surface area contributed by atoms with Crippen LogP contribution in [0.25, 0.3) is 11.0 Å². The number of fused-ring (bicyclic) bond motifs is 1. The maximum Gasteiger partial charge on any atom is 0.201 e. The van der Waals surface area contributed by atoms with Gasteiger partial charge in [0.15, 0.2) is 5.82 Å². The Balaban J connectivity index is 1.81. The SMILES string of the molecule is O=C(c1c(F)ccc(N2CCOCC2)c1F)c1c[nH]c2ncc(Cl)cc12. The first kappa shape index (κ1) is 16.9. The van der Waals surface area contributed by atoms with E-state index in [0.29, 0.717) is 42.4 Å². The van der Waals surface area contributed by atoms with Crippen LogP contribution in [0, 0.1) is 11.6 Å². The highest BCUT2D eigenvalue weighted by molar-refractivity contribution is 6.31. The molecule has 0 spiro atoms. The van der Waals surface area contributed by atoms with Crippen LogP contribution in [0.5, 0.6) is 0 Å². The number of nitrogens with one attached hydrogen (secondary N) is 1. The first-order valence-corrected chi connectivity index (χ1v) is 8.42. The smallest absolute Gasteiger partial charge is 0.201 e. The van der Waals surface area contributed by atoms with Crippen molar-refractivity contribution in [2.45, 2.75) is 0 Å². The number of rotatable bonds is 3. The molecule has 0 unspecified atom stereocenters. The summed E-state index contributed by atoms with van der Waals surface area (Å²) in [4.78, 5) is 21.5. The number of benzene rings is 1. The zero-order valence-electron chi connectivity index (χ0n) is 13.6. The predicted octanol–water partition coefficient (Wildman–Crippen LogP) is 3.56. The second-order valence-corrected chi connectivity index (χ2v) is 6.37. The highest BCUT2D eigenvalue weighted by Gasteiger charge is 2.26. The van der Waals surface area contributed by atoms with Crippen LogP contribution < -0.4 is 4.90 Å². The van der Waals surface area contributed by atoms with E-state index in [2.05, 4.69) is 9.97 Å². The van der Waals surface area contributed by atoms with Crippen molar-refractivity contribution in [1.82, 2.24) is 9.97 Å². The number of H-pyrrole nitrogens is 1. The number of pyridine rings is 1. The molecule has 1 fully saturated rings. The first-order valence-electron chi connectivity index (χ1n) is 8.04. The Morgan fingerprint density at radius 1 is 1.27 bits per heavy atom. The Bertz CT molecular complexity index is 1000. The molecule has 4 rings (SSSR count). The summed E-state index contributed by atoms with van der Waals surface area (Å²) in [6.07, 6.45) is 2.81. The fourth-order valence-corrected chi connectivity index (χ4v) is 3.26. The number of carbonyl (C=O) groups excluding carboxylic acids is 1. The largest absolute Gasteiger partial charge is 0.378 e. The molecule has 1 aliphatic rings. The number of ether oxygens (including phenoxy) is 1. The van der Waals surface area contributed by atoms with Crippen molar-refractivity contribution in [1.29, 1.82) is 0 Å². The number of nitrogens with zero attached hydrogens (tertiary/aromatic N) is 2. The summed E-state index contributed by atoms with van der Waals surface area (Å²) in [6, 6.07) is 4.00. The molecule has 0 saturated carbocycles. The number of halogens is 3. The van der Waals surface area contributed by atoms with Crippen molar-refractivity contribution >= 4 is 34.1 Å². The zero-order valence-corrected chi connectivity index (χ0v) is 14.3. The lowest BCUT2D eigenvalue weighted by molar-refractivity contribution is 0.103. The number of anilines is 1. The maximum atomic E-state index is 15.0. The molecule has 3 aromatic rings. The van der Waals surface area contributed by atoms with E-state index in [-0.39, 0.29) is 11.3 Å². The molecule has 0 amide bonds. The molecular weight excluding hydrogens is 364 g/mol. The number of morpholine rings is 1. The van der Waals surface area contributed by atoms with Gasteiger partial charge in [-0.2, -0.15) is 0 Å². The van der Waals surface area contributed by atoms with E-state index in [1.165, 1.54) is 24.5 Å². The summed E-state index contributed by atoms with van der Waals surface area (Å²) in [5.41, 5.74) is 0.138. The Morgan fingerprint density at radius 2 is 2.04 bits per heavy atom. The first-order chi connectivity index (χ1) is 12.6. The molecule has 0 atom stereocenters. The molecule has 1 saturated heterocycles. The monoisotopic (exact) mass is 377 g/mol. The minimum absolute atomic E-state index is 0.118. The summed E-state index contributed by atoms with van der Waals surface area (Å²) in [5.74, 6) is -2.54. The number of aromatic nitrogens is 2. The molecule has 134 valence electrons. The van der Waals surface area contributed by atoms with Crippen molar-refractivity contribution < 1.29 is 18.3 Å². The van der Waals surface area contributed by atoms with Gasteiger partial charge in [-0.3, -0.25) is 4.79 Å². The van der Waals surface area contributed by atoms with Gasteiger partial charge >= 0.3 is 0 Å². The van der Waals surface area contributed by atoms with Crippen LogP contribution in [0.4, 0.5) is 14.5 Å². The van der Waals surface area contributed by atoms with E-state index in [1.54, 1.807) is 4.90 Å². The van der Waals surface area contributed by atoms with E-state index in [0.717, 1.165) is 6.07 Å². The van der Waals surface area contributed by atoms with Gasteiger partial charge < -0.3 is 14.6 Å². The van der Waals surface area contributed by atoms with Gasteiger partial charge in [0.25, 0.3) is 0 Å². The van der Waals surface area contributed by atoms with Gasteiger partial charge in [0.05, 0.1) is 29.5 Å². The van der Waals surface area contributed by atoms with Crippen LogP contribution >= 0.6 is 11.6 Å². The van der Waals surface area contributed by atoms with Gasteiger partial charge in [-0.25, -0.2) is 13.8 Å². The molecule has 3 heterocycles. The molecule has 5 nitrogen and oxygen atoms in total. The molecule has 0 radical (unpaired) electrons. The molecule has 2 aromatic heterocycles. The number of aromatic amines is 1. The lowest BCUT2D eigenvalue weighted by Crippen LogP contribution is -2.37. The second kappa shape index (κ2) is 6.66. The quantitative estimate of drug-likeness (QED) is 0.709. The number of ketones is 1. The van der Waals surface area contributed by atoms with Crippen molar-refractivity contribution in [3.63, 3.8) is 0 Å². The lowest BCUT2D eigenvalue weighted by Gasteiger charge is -2.29. The van der Waals surface area contributed by atoms with Gasteiger partial charge in [0, 0.05) is 36.4 Å². The molecule has 26 heavy (non-hydrogen) atoms.